The molecule has 4 nitrogen and oxygen atoms in total. The number of nitrogens with zero attached hydrogens (tertiary/aromatic N) is 1. The van der Waals surface area contributed by atoms with Crippen molar-refractivity contribution in [2.75, 3.05) is 20.5 Å². The van der Waals surface area contributed by atoms with Gasteiger partial charge >= 0.3 is 0 Å². The van der Waals surface area contributed by atoms with Crippen molar-refractivity contribution in [3.63, 3.8) is 0 Å². The normalized spacial score (nSPS) is 12.1. The quantitative estimate of drug-likeness (QED) is 0.496. The number of aliphatic hydroxyl groups is 1. The van der Waals surface area contributed by atoms with Crippen molar-refractivity contribution < 1.29 is 14.6 Å². The predicted molar refractivity (Wildman–Crippen MR) is 116 cm³/mol. The first-order valence-electron chi connectivity index (χ1n) is 9.92. The molecule has 1 N–H and O–H groups in total. The van der Waals surface area contributed by atoms with Crippen molar-refractivity contribution in [1.29, 1.82) is 0 Å². The van der Waals surface area contributed by atoms with E-state index in [0.29, 0.717) is 0 Å². The summed E-state index contributed by atoms with van der Waals surface area (Å²) in [5, 5.41) is 10.2. The van der Waals surface area contributed by atoms with Gasteiger partial charge in [0.1, 0.15) is 5.75 Å². The highest BCUT2D eigenvalue weighted by Gasteiger charge is 2.19. The van der Waals surface area contributed by atoms with Crippen molar-refractivity contribution >= 4 is 0 Å². The van der Waals surface area contributed by atoms with Crippen LogP contribution in [0.15, 0.2) is 84.9 Å². The van der Waals surface area contributed by atoms with Crippen LogP contribution in [0, 0.1) is 0 Å². The van der Waals surface area contributed by atoms with E-state index in [1.807, 2.05) is 24.3 Å². The molecule has 0 heterocycles. The highest BCUT2D eigenvalue weighted by Crippen LogP contribution is 2.19. The second-order valence-corrected chi connectivity index (χ2v) is 7.11. The van der Waals surface area contributed by atoms with Gasteiger partial charge in [-0.2, -0.15) is 0 Å². The molecule has 0 aliphatic heterocycles. The molecule has 0 aromatic heterocycles. The van der Waals surface area contributed by atoms with Crippen LogP contribution in [0.2, 0.25) is 0 Å². The summed E-state index contributed by atoms with van der Waals surface area (Å²) in [6.45, 7) is 1.91. The van der Waals surface area contributed by atoms with Gasteiger partial charge in [0.15, 0.2) is 6.79 Å². The minimum absolute atomic E-state index is 0.0150. The van der Waals surface area contributed by atoms with Crippen LogP contribution < -0.4 is 4.74 Å². The Morgan fingerprint density at radius 3 is 1.79 bits per heavy atom. The molecule has 0 saturated carbocycles. The molecule has 3 aromatic rings. The number of rotatable bonds is 11. The molecular formula is C25H29NO3. The predicted octanol–water partition coefficient (Wildman–Crippen LogP) is 4.28. The molecule has 3 aromatic carbocycles. The summed E-state index contributed by atoms with van der Waals surface area (Å²) in [6.07, 6.45) is 0.765. The molecule has 4 heteroatoms. The number of hydrogen-bond donors (Lipinski definition) is 1. The molecular weight excluding hydrogens is 362 g/mol. The standard InChI is InChI=1S/C25H29NO3/c1-28-20-29-25-14-12-21(13-15-25)16-24(19-27)26(17-22-8-4-2-5-9-22)18-23-10-6-3-7-11-23/h2-15,24,27H,16-20H2,1H3. The topological polar surface area (TPSA) is 41.9 Å². The van der Waals surface area contributed by atoms with Crippen molar-refractivity contribution in [3.8, 4) is 5.75 Å². The largest absolute Gasteiger partial charge is 0.468 e. The zero-order valence-electron chi connectivity index (χ0n) is 16.9. The summed E-state index contributed by atoms with van der Waals surface area (Å²) < 4.78 is 10.4. The van der Waals surface area contributed by atoms with Crippen LogP contribution in [-0.2, 0) is 24.2 Å². The third kappa shape index (κ3) is 6.71. The highest BCUT2D eigenvalue weighted by atomic mass is 16.7. The zero-order valence-corrected chi connectivity index (χ0v) is 16.9. The van der Waals surface area contributed by atoms with Crippen LogP contribution in [0.5, 0.6) is 5.75 Å². The maximum absolute atomic E-state index is 10.2. The SMILES string of the molecule is COCOc1ccc(CC(CO)N(Cc2ccccc2)Cc2ccccc2)cc1. The number of benzene rings is 3. The van der Waals surface area contributed by atoms with Gasteiger partial charge in [-0.1, -0.05) is 72.8 Å². The van der Waals surface area contributed by atoms with Gasteiger partial charge in [-0.15, -0.1) is 0 Å². The Balaban J connectivity index is 1.74. The van der Waals surface area contributed by atoms with Crippen molar-refractivity contribution in [2.24, 2.45) is 0 Å². The van der Waals surface area contributed by atoms with E-state index >= 15 is 0 Å². The molecule has 0 fully saturated rings. The molecule has 29 heavy (non-hydrogen) atoms. The fraction of sp³-hybridized carbons (Fsp3) is 0.280. The van der Waals surface area contributed by atoms with Crippen molar-refractivity contribution in [3.05, 3.63) is 102 Å². The second kappa shape index (κ2) is 11.4. The molecule has 0 bridgehead atoms. The summed E-state index contributed by atoms with van der Waals surface area (Å²) in [5.74, 6) is 0.779. The average molecular weight is 392 g/mol. The van der Waals surface area contributed by atoms with Crippen LogP contribution in [0.4, 0.5) is 0 Å². The number of ether oxygens (including phenoxy) is 2. The van der Waals surface area contributed by atoms with Crippen LogP contribution in [-0.4, -0.2) is 36.6 Å². The van der Waals surface area contributed by atoms with E-state index < -0.39 is 0 Å². The van der Waals surface area contributed by atoms with E-state index in [4.69, 9.17) is 9.47 Å². The summed E-state index contributed by atoms with van der Waals surface area (Å²) in [6, 6.07) is 28.8. The number of hydrogen-bond acceptors (Lipinski definition) is 4. The summed E-state index contributed by atoms with van der Waals surface area (Å²) >= 11 is 0. The van der Waals surface area contributed by atoms with Crippen LogP contribution in [0.1, 0.15) is 16.7 Å². The fourth-order valence-corrected chi connectivity index (χ4v) is 3.38. The van der Waals surface area contributed by atoms with Gasteiger partial charge in [0.25, 0.3) is 0 Å². The smallest absolute Gasteiger partial charge is 0.188 e. The van der Waals surface area contributed by atoms with Crippen molar-refractivity contribution in [2.45, 2.75) is 25.6 Å². The first-order valence-corrected chi connectivity index (χ1v) is 9.92. The van der Waals surface area contributed by atoms with Gasteiger partial charge in [0, 0.05) is 26.2 Å². The lowest BCUT2D eigenvalue weighted by Crippen LogP contribution is -2.38. The second-order valence-electron chi connectivity index (χ2n) is 7.11. The molecule has 3 rings (SSSR count). The fourth-order valence-electron chi connectivity index (χ4n) is 3.38. The van der Waals surface area contributed by atoms with Gasteiger partial charge in [-0.25, -0.2) is 0 Å². The van der Waals surface area contributed by atoms with E-state index in [1.54, 1.807) is 7.11 Å². The highest BCUT2D eigenvalue weighted by molar-refractivity contribution is 5.28. The van der Waals surface area contributed by atoms with Gasteiger partial charge in [0.2, 0.25) is 0 Å². The summed E-state index contributed by atoms with van der Waals surface area (Å²) in [4.78, 5) is 2.35. The van der Waals surface area contributed by atoms with E-state index in [2.05, 4.69) is 65.6 Å². The molecule has 0 radical (unpaired) electrons. The molecule has 152 valence electrons. The van der Waals surface area contributed by atoms with Crippen molar-refractivity contribution in [1.82, 2.24) is 4.90 Å². The Labute approximate surface area is 173 Å². The average Bonchev–Trinajstić information content (AvgIpc) is 2.78. The van der Waals surface area contributed by atoms with Gasteiger partial charge in [-0.3, -0.25) is 4.90 Å². The molecule has 1 atom stereocenters. The minimum atomic E-state index is 0.0150. The lowest BCUT2D eigenvalue weighted by atomic mass is 10.0. The van der Waals surface area contributed by atoms with Crippen LogP contribution >= 0.6 is 0 Å². The third-order valence-electron chi connectivity index (χ3n) is 4.92. The van der Waals surface area contributed by atoms with Gasteiger partial charge in [0.05, 0.1) is 6.61 Å². The Kier molecular flexibility index (Phi) is 8.25. The first kappa shape index (κ1) is 21.1. The molecule has 0 spiro atoms. The van der Waals surface area contributed by atoms with E-state index in [-0.39, 0.29) is 19.4 Å². The minimum Gasteiger partial charge on any atom is -0.468 e. The van der Waals surface area contributed by atoms with E-state index in [1.165, 1.54) is 16.7 Å². The van der Waals surface area contributed by atoms with Gasteiger partial charge in [-0.05, 0) is 35.2 Å². The monoisotopic (exact) mass is 391 g/mol. The number of methoxy groups -OCH3 is 1. The first-order chi connectivity index (χ1) is 14.3. The maximum Gasteiger partial charge on any atom is 0.188 e. The third-order valence-corrected chi connectivity index (χ3v) is 4.92. The molecule has 0 aliphatic carbocycles. The van der Waals surface area contributed by atoms with E-state index in [9.17, 15) is 5.11 Å². The van der Waals surface area contributed by atoms with Crippen LogP contribution in [0.3, 0.4) is 0 Å². The number of aliphatic hydroxyl groups excluding tert-OH is 1. The van der Waals surface area contributed by atoms with Crippen LogP contribution in [0.25, 0.3) is 0 Å². The lowest BCUT2D eigenvalue weighted by Gasteiger charge is -2.31. The Hall–Kier alpha value is -2.66. The maximum atomic E-state index is 10.2. The lowest BCUT2D eigenvalue weighted by molar-refractivity contribution is 0.0511. The molecule has 0 saturated heterocycles. The summed E-state index contributed by atoms with van der Waals surface area (Å²) in [5.41, 5.74) is 3.65. The molecule has 1 unspecified atom stereocenters. The molecule has 0 amide bonds. The Morgan fingerprint density at radius 1 is 0.759 bits per heavy atom. The molecule has 0 aliphatic rings. The Morgan fingerprint density at radius 2 is 1.31 bits per heavy atom. The summed E-state index contributed by atoms with van der Waals surface area (Å²) in [7, 11) is 1.61. The van der Waals surface area contributed by atoms with Gasteiger partial charge < -0.3 is 14.6 Å². The zero-order chi connectivity index (χ0) is 20.3. The Bertz CT molecular complexity index is 780. The van der Waals surface area contributed by atoms with E-state index in [0.717, 1.165) is 25.3 Å².